The number of rotatable bonds is 7. The number of aromatic nitrogens is 4. The molecular formula is C20H21N5OS. The molecule has 2 aromatic heterocycles. The van der Waals surface area contributed by atoms with Crippen LogP contribution in [0.2, 0.25) is 0 Å². The summed E-state index contributed by atoms with van der Waals surface area (Å²) in [6.45, 7) is 1.51. The Balaban J connectivity index is 1.57. The first kappa shape index (κ1) is 17.7. The molecule has 0 atom stereocenters. The number of anilines is 1. The van der Waals surface area contributed by atoms with Crippen LogP contribution >= 0.6 is 11.8 Å². The smallest absolute Gasteiger partial charge is 0.221 e. The van der Waals surface area contributed by atoms with Gasteiger partial charge in [0.1, 0.15) is 5.82 Å². The molecule has 0 bridgehead atoms. The second kappa shape index (κ2) is 7.92. The van der Waals surface area contributed by atoms with Crippen LogP contribution in [0.4, 0.5) is 5.69 Å². The van der Waals surface area contributed by atoms with Crippen molar-refractivity contribution in [3.8, 4) is 5.69 Å². The quantitative estimate of drug-likeness (QED) is 0.632. The van der Waals surface area contributed by atoms with Gasteiger partial charge in [0, 0.05) is 36.2 Å². The lowest BCUT2D eigenvalue weighted by atomic mass is 10.2. The maximum Gasteiger partial charge on any atom is 0.221 e. The molecule has 1 amide bonds. The lowest BCUT2D eigenvalue weighted by Gasteiger charge is -2.11. The van der Waals surface area contributed by atoms with E-state index < -0.39 is 0 Å². The van der Waals surface area contributed by atoms with Crippen LogP contribution in [-0.2, 0) is 11.2 Å². The fourth-order valence-electron chi connectivity index (χ4n) is 2.94. The fraction of sp³-hybridized carbons (Fsp3) is 0.300. The Hall–Kier alpha value is -2.67. The number of hydrogen-bond acceptors (Lipinski definition) is 5. The number of carbonyl (C=O) groups is 1. The highest BCUT2D eigenvalue weighted by atomic mass is 32.2. The molecule has 6 nitrogen and oxygen atoms in total. The van der Waals surface area contributed by atoms with Crippen molar-refractivity contribution in [3.63, 3.8) is 0 Å². The minimum absolute atomic E-state index is 0.0803. The highest BCUT2D eigenvalue weighted by Crippen LogP contribution is 2.41. The molecular weight excluding hydrogens is 358 g/mol. The highest BCUT2D eigenvalue weighted by Gasteiger charge is 2.31. The van der Waals surface area contributed by atoms with Gasteiger partial charge in [-0.3, -0.25) is 14.3 Å². The molecule has 1 fully saturated rings. The third-order valence-electron chi connectivity index (χ3n) is 4.34. The summed E-state index contributed by atoms with van der Waals surface area (Å²) in [5, 5.41) is 12.6. The van der Waals surface area contributed by atoms with E-state index in [-0.39, 0.29) is 5.91 Å². The second-order valence-electron chi connectivity index (χ2n) is 6.60. The number of hydrogen-bond donors (Lipinski definition) is 1. The van der Waals surface area contributed by atoms with E-state index in [0.717, 1.165) is 53.1 Å². The molecule has 0 spiro atoms. The standard InChI is InChI=1S/C20H21N5OS/c1-14(26)22-17-6-4-7-18(13-17)25-19(15-8-9-15)23-24-20(25)27-12-10-16-5-2-3-11-21-16/h2-7,11,13,15H,8-10,12H2,1H3,(H,22,26). The van der Waals surface area contributed by atoms with E-state index in [0.29, 0.717) is 5.92 Å². The lowest BCUT2D eigenvalue weighted by molar-refractivity contribution is -0.114. The van der Waals surface area contributed by atoms with Gasteiger partial charge in [-0.05, 0) is 49.6 Å². The van der Waals surface area contributed by atoms with Crippen LogP contribution in [-0.4, -0.2) is 31.4 Å². The Morgan fingerprint density at radius 1 is 1.22 bits per heavy atom. The van der Waals surface area contributed by atoms with Gasteiger partial charge in [0.2, 0.25) is 5.91 Å². The molecule has 3 aromatic rings. The van der Waals surface area contributed by atoms with Crippen LogP contribution < -0.4 is 5.32 Å². The molecule has 0 unspecified atom stereocenters. The van der Waals surface area contributed by atoms with Crippen molar-refractivity contribution in [1.82, 2.24) is 19.7 Å². The van der Waals surface area contributed by atoms with Crippen LogP contribution in [0.5, 0.6) is 0 Å². The third kappa shape index (κ3) is 4.36. The Bertz CT molecular complexity index is 937. The van der Waals surface area contributed by atoms with Crippen LogP contribution in [0.15, 0.2) is 53.8 Å². The number of carbonyl (C=O) groups excluding carboxylic acids is 1. The molecule has 4 rings (SSSR count). The third-order valence-corrected chi connectivity index (χ3v) is 5.27. The summed E-state index contributed by atoms with van der Waals surface area (Å²) in [5.74, 6) is 2.29. The van der Waals surface area contributed by atoms with Crippen molar-refractivity contribution in [2.75, 3.05) is 11.1 Å². The zero-order chi connectivity index (χ0) is 18.6. The van der Waals surface area contributed by atoms with Gasteiger partial charge in [-0.1, -0.05) is 23.9 Å². The molecule has 27 heavy (non-hydrogen) atoms. The Labute approximate surface area is 162 Å². The topological polar surface area (TPSA) is 72.7 Å². The van der Waals surface area contributed by atoms with Crippen molar-refractivity contribution in [3.05, 3.63) is 60.2 Å². The van der Waals surface area contributed by atoms with Crippen molar-refractivity contribution in [2.45, 2.75) is 37.3 Å². The molecule has 1 aliphatic carbocycles. The highest BCUT2D eigenvalue weighted by molar-refractivity contribution is 7.99. The van der Waals surface area contributed by atoms with Gasteiger partial charge < -0.3 is 5.32 Å². The molecule has 1 saturated carbocycles. The first-order valence-corrected chi connectivity index (χ1v) is 10.1. The maximum atomic E-state index is 11.4. The van der Waals surface area contributed by atoms with E-state index in [1.807, 2.05) is 48.7 Å². The first-order valence-electron chi connectivity index (χ1n) is 9.07. The summed E-state index contributed by atoms with van der Waals surface area (Å²) in [7, 11) is 0. The summed E-state index contributed by atoms with van der Waals surface area (Å²) in [5.41, 5.74) is 2.83. The second-order valence-corrected chi connectivity index (χ2v) is 7.66. The zero-order valence-electron chi connectivity index (χ0n) is 15.1. The summed E-state index contributed by atoms with van der Waals surface area (Å²) < 4.78 is 2.13. The van der Waals surface area contributed by atoms with E-state index in [1.165, 1.54) is 6.92 Å². The Kier molecular flexibility index (Phi) is 5.20. The molecule has 1 aliphatic rings. The minimum atomic E-state index is -0.0803. The van der Waals surface area contributed by atoms with Crippen LogP contribution in [0, 0.1) is 0 Å². The summed E-state index contributed by atoms with van der Waals surface area (Å²) in [6, 6.07) is 13.8. The number of benzene rings is 1. The van der Waals surface area contributed by atoms with E-state index in [1.54, 1.807) is 11.8 Å². The Morgan fingerprint density at radius 2 is 2.11 bits per heavy atom. The van der Waals surface area contributed by atoms with Gasteiger partial charge in [-0.25, -0.2) is 0 Å². The summed E-state index contributed by atoms with van der Waals surface area (Å²) >= 11 is 1.68. The molecule has 1 aromatic carbocycles. The number of nitrogens with zero attached hydrogens (tertiary/aromatic N) is 4. The number of thioether (sulfide) groups is 1. The summed E-state index contributed by atoms with van der Waals surface area (Å²) in [4.78, 5) is 15.8. The number of amides is 1. The molecule has 7 heteroatoms. The van der Waals surface area contributed by atoms with E-state index >= 15 is 0 Å². The normalized spacial score (nSPS) is 13.5. The average molecular weight is 379 g/mol. The number of nitrogens with one attached hydrogen (secondary N) is 1. The molecule has 2 heterocycles. The molecule has 0 radical (unpaired) electrons. The minimum Gasteiger partial charge on any atom is -0.326 e. The number of pyridine rings is 1. The molecule has 138 valence electrons. The van der Waals surface area contributed by atoms with Crippen LogP contribution in [0.3, 0.4) is 0 Å². The van der Waals surface area contributed by atoms with E-state index in [4.69, 9.17) is 0 Å². The van der Waals surface area contributed by atoms with Gasteiger partial charge >= 0.3 is 0 Å². The lowest BCUT2D eigenvalue weighted by Crippen LogP contribution is -2.07. The SMILES string of the molecule is CC(=O)Nc1cccc(-n2c(SCCc3ccccn3)nnc2C2CC2)c1. The zero-order valence-corrected chi connectivity index (χ0v) is 15.9. The average Bonchev–Trinajstić information content (AvgIpc) is 3.42. The van der Waals surface area contributed by atoms with Gasteiger partial charge in [0.25, 0.3) is 0 Å². The first-order chi connectivity index (χ1) is 13.2. The van der Waals surface area contributed by atoms with Crippen LogP contribution in [0.1, 0.15) is 37.2 Å². The molecule has 0 saturated heterocycles. The van der Waals surface area contributed by atoms with Gasteiger partial charge in [0.05, 0.1) is 5.69 Å². The van der Waals surface area contributed by atoms with Crippen molar-refractivity contribution < 1.29 is 4.79 Å². The van der Waals surface area contributed by atoms with Gasteiger partial charge in [0.15, 0.2) is 5.16 Å². The molecule has 0 aliphatic heterocycles. The van der Waals surface area contributed by atoms with Gasteiger partial charge in [-0.2, -0.15) is 0 Å². The van der Waals surface area contributed by atoms with Crippen molar-refractivity contribution >= 4 is 23.4 Å². The van der Waals surface area contributed by atoms with E-state index in [2.05, 4.69) is 25.1 Å². The van der Waals surface area contributed by atoms with Crippen molar-refractivity contribution in [1.29, 1.82) is 0 Å². The number of aryl methyl sites for hydroxylation is 1. The van der Waals surface area contributed by atoms with Gasteiger partial charge in [-0.15, -0.1) is 10.2 Å². The van der Waals surface area contributed by atoms with Crippen molar-refractivity contribution in [2.24, 2.45) is 0 Å². The fourth-order valence-corrected chi connectivity index (χ4v) is 3.86. The Morgan fingerprint density at radius 3 is 2.85 bits per heavy atom. The predicted octanol–water partition coefficient (Wildman–Crippen LogP) is 3.83. The van der Waals surface area contributed by atoms with E-state index in [9.17, 15) is 4.79 Å². The predicted molar refractivity (Wildman–Crippen MR) is 106 cm³/mol. The van der Waals surface area contributed by atoms with Crippen LogP contribution in [0.25, 0.3) is 5.69 Å². The summed E-state index contributed by atoms with van der Waals surface area (Å²) in [6.07, 6.45) is 5.01. The maximum absolute atomic E-state index is 11.4. The monoisotopic (exact) mass is 379 g/mol. The molecule has 1 N–H and O–H groups in total. The largest absolute Gasteiger partial charge is 0.326 e.